The van der Waals surface area contributed by atoms with Crippen molar-refractivity contribution in [3.05, 3.63) is 59.4 Å². The Bertz CT molecular complexity index is 1460. The number of fused-ring (bicyclic) bond motifs is 1. The largest absolute Gasteiger partial charge is 0.505 e. The molecular weight excluding hydrogens is 397 g/mol. The predicted molar refractivity (Wildman–Crippen MR) is 118 cm³/mol. The second kappa shape index (κ2) is 7.39. The Kier molecular flexibility index (Phi) is 4.01. The number of benzene rings is 2. The molecule has 0 fully saturated rings. The van der Waals surface area contributed by atoms with Crippen molar-refractivity contribution >= 4 is 22.9 Å². The van der Waals surface area contributed by atoms with Gasteiger partial charge in [-0.05, 0) is 50.0 Å². The number of amides is 1. The summed E-state index contributed by atoms with van der Waals surface area (Å²) in [6, 6.07) is 7.59. The highest BCUT2D eigenvalue weighted by atomic mass is 19.1. The van der Waals surface area contributed by atoms with E-state index in [1.807, 2.05) is 0 Å². The molecule has 2 aromatic carbocycles. The number of nitrogen functional groups attached to an aromatic ring is 1. The van der Waals surface area contributed by atoms with Crippen LogP contribution in [0.5, 0.6) is 5.75 Å². The molecule has 0 radical (unpaired) electrons. The molecule has 2 heterocycles. The van der Waals surface area contributed by atoms with E-state index in [2.05, 4.69) is 15.3 Å². The van der Waals surface area contributed by atoms with Crippen molar-refractivity contribution in [2.24, 2.45) is 0 Å². The molecule has 4 aromatic rings. The summed E-state index contributed by atoms with van der Waals surface area (Å²) in [5, 5.41) is 13.0. The number of carbonyl (C=O) groups is 1. The Morgan fingerprint density at radius 2 is 2.00 bits per heavy atom. The second-order valence-corrected chi connectivity index (χ2v) is 7.26. The van der Waals surface area contributed by atoms with Crippen LogP contribution in [-0.2, 0) is 4.79 Å². The van der Waals surface area contributed by atoms with E-state index < -0.39 is 12.7 Å². The minimum Gasteiger partial charge on any atom is -0.505 e. The minimum absolute atomic E-state index is 0.0291. The predicted octanol–water partition coefficient (Wildman–Crippen LogP) is 4.37. The van der Waals surface area contributed by atoms with Gasteiger partial charge < -0.3 is 16.2 Å². The first-order chi connectivity index (χ1) is 15.9. The van der Waals surface area contributed by atoms with Crippen molar-refractivity contribution in [3.63, 3.8) is 0 Å². The zero-order valence-corrected chi connectivity index (χ0v) is 17.1. The monoisotopic (exact) mass is 422 g/mol. The zero-order valence-electron chi connectivity index (χ0n) is 20.1. The van der Waals surface area contributed by atoms with Gasteiger partial charge in [-0.2, -0.15) is 0 Å². The third-order valence-corrected chi connectivity index (χ3v) is 5.14. The molecule has 0 saturated heterocycles. The number of halogens is 1. The van der Waals surface area contributed by atoms with E-state index in [-0.39, 0.29) is 45.8 Å². The Morgan fingerprint density at radius 3 is 2.68 bits per heavy atom. The summed E-state index contributed by atoms with van der Waals surface area (Å²) in [7, 11) is 0. The molecule has 4 rings (SSSR count). The standard InChI is InChI=1S/C23H22FN5O2/c1-11-10-26-23(25)21-20(27-13(3)29(11)21)17-6-5-15(9-18(17)24)16-7-8-19(28-14(4)30)22(31)12(16)2/h5-10,31H,1-4H3,(H2,25,26)(H,28,30)/i3D3. The number of rotatable bonds is 3. The normalized spacial score (nSPS) is 13.0. The van der Waals surface area contributed by atoms with Crippen LogP contribution in [0.3, 0.4) is 0 Å². The lowest BCUT2D eigenvalue weighted by Gasteiger charge is -2.13. The first-order valence-corrected chi connectivity index (χ1v) is 9.44. The number of aromatic hydroxyl groups is 1. The molecule has 0 bridgehead atoms. The molecule has 0 unspecified atom stereocenters. The fourth-order valence-corrected chi connectivity index (χ4v) is 3.65. The lowest BCUT2D eigenvalue weighted by Crippen LogP contribution is -2.06. The summed E-state index contributed by atoms with van der Waals surface area (Å²) in [4.78, 5) is 19.7. The van der Waals surface area contributed by atoms with Gasteiger partial charge in [-0.15, -0.1) is 0 Å². The number of aryl methyl sites for hydroxylation is 2. The summed E-state index contributed by atoms with van der Waals surface area (Å²) in [5.74, 6) is -1.30. The molecule has 0 atom stereocenters. The smallest absolute Gasteiger partial charge is 0.221 e. The average Bonchev–Trinajstić information content (AvgIpc) is 3.16. The molecule has 7 nitrogen and oxygen atoms in total. The molecule has 0 aliphatic rings. The van der Waals surface area contributed by atoms with Crippen LogP contribution in [0, 0.1) is 26.5 Å². The Morgan fingerprint density at radius 1 is 1.26 bits per heavy atom. The fourth-order valence-electron chi connectivity index (χ4n) is 3.65. The van der Waals surface area contributed by atoms with Crippen LogP contribution in [0.1, 0.15) is 28.1 Å². The molecule has 8 heteroatoms. The van der Waals surface area contributed by atoms with Gasteiger partial charge in [-0.25, -0.2) is 14.4 Å². The number of aromatic nitrogens is 3. The van der Waals surface area contributed by atoms with Crippen LogP contribution in [-0.4, -0.2) is 25.4 Å². The summed E-state index contributed by atoms with van der Waals surface area (Å²) < 4.78 is 40.3. The highest BCUT2D eigenvalue weighted by Gasteiger charge is 2.19. The summed E-state index contributed by atoms with van der Waals surface area (Å²) in [6.07, 6.45) is 1.43. The van der Waals surface area contributed by atoms with Gasteiger partial charge in [-0.3, -0.25) is 9.20 Å². The zero-order chi connectivity index (χ0) is 24.9. The summed E-state index contributed by atoms with van der Waals surface area (Å²) in [5.41, 5.74) is 8.64. The van der Waals surface area contributed by atoms with E-state index in [0.717, 1.165) is 0 Å². The van der Waals surface area contributed by atoms with Gasteiger partial charge in [0.05, 0.1) is 5.69 Å². The van der Waals surface area contributed by atoms with Crippen LogP contribution >= 0.6 is 0 Å². The molecule has 0 aliphatic carbocycles. The molecule has 158 valence electrons. The SMILES string of the molecule is [2H]C([2H])([2H])c1nc(-c2ccc(-c3ccc(NC(C)=O)c(O)c3C)cc2F)c2c(N)ncc(C)n12. The van der Waals surface area contributed by atoms with Crippen molar-refractivity contribution in [1.82, 2.24) is 14.4 Å². The van der Waals surface area contributed by atoms with E-state index in [1.165, 1.54) is 35.7 Å². The van der Waals surface area contributed by atoms with Gasteiger partial charge >= 0.3 is 0 Å². The van der Waals surface area contributed by atoms with Crippen LogP contribution in [0.2, 0.25) is 0 Å². The van der Waals surface area contributed by atoms with E-state index in [0.29, 0.717) is 22.4 Å². The fraction of sp³-hybridized carbons (Fsp3) is 0.174. The van der Waals surface area contributed by atoms with Crippen molar-refractivity contribution < 1.29 is 18.4 Å². The van der Waals surface area contributed by atoms with Gasteiger partial charge in [0.1, 0.15) is 34.4 Å². The highest BCUT2D eigenvalue weighted by molar-refractivity contribution is 5.92. The molecule has 0 aliphatic heterocycles. The van der Waals surface area contributed by atoms with Crippen molar-refractivity contribution in [2.75, 3.05) is 11.1 Å². The molecule has 2 aromatic heterocycles. The maximum atomic E-state index is 15.4. The number of hydrogen-bond acceptors (Lipinski definition) is 5. The molecule has 4 N–H and O–H groups in total. The number of nitrogens with one attached hydrogen (secondary N) is 1. The van der Waals surface area contributed by atoms with E-state index in [9.17, 15) is 9.90 Å². The van der Waals surface area contributed by atoms with Crippen LogP contribution in [0.4, 0.5) is 15.9 Å². The maximum absolute atomic E-state index is 15.4. The number of nitrogens with two attached hydrogens (primary N) is 1. The quantitative estimate of drug-likeness (QED) is 0.425. The van der Waals surface area contributed by atoms with E-state index in [4.69, 9.17) is 9.85 Å². The van der Waals surface area contributed by atoms with Crippen molar-refractivity contribution in [3.8, 4) is 28.1 Å². The van der Waals surface area contributed by atoms with Crippen LogP contribution in [0.25, 0.3) is 27.9 Å². The molecule has 0 spiro atoms. The molecule has 1 amide bonds. The lowest BCUT2D eigenvalue weighted by atomic mass is 9.97. The number of anilines is 2. The first kappa shape index (κ1) is 16.8. The third kappa shape index (κ3) is 3.35. The lowest BCUT2D eigenvalue weighted by molar-refractivity contribution is -0.114. The molecule has 0 saturated carbocycles. The Labute approximate surface area is 182 Å². The van der Waals surface area contributed by atoms with Gasteiger partial charge in [0.2, 0.25) is 5.91 Å². The van der Waals surface area contributed by atoms with Gasteiger partial charge in [-0.1, -0.05) is 12.1 Å². The average molecular weight is 422 g/mol. The summed E-state index contributed by atoms with van der Waals surface area (Å²) in [6.45, 7) is 2.10. The maximum Gasteiger partial charge on any atom is 0.221 e. The van der Waals surface area contributed by atoms with E-state index in [1.54, 1.807) is 26.0 Å². The molecule has 31 heavy (non-hydrogen) atoms. The van der Waals surface area contributed by atoms with E-state index >= 15 is 4.39 Å². The number of carbonyl (C=O) groups excluding carboxylic acids is 1. The first-order valence-electron chi connectivity index (χ1n) is 10.9. The second-order valence-electron chi connectivity index (χ2n) is 7.26. The highest BCUT2D eigenvalue weighted by Crippen LogP contribution is 2.37. The summed E-state index contributed by atoms with van der Waals surface area (Å²) >= 11 is 0. The Hall–Kier alpha value is -3.94. The van der Waals surface area contributed by atoms with Crippen molar-refractivity contribution in [1.29, 1.82) is 0 Å². The van der Waals surface area contributed by atoms with Crippen LogP contribution in [0.15, 0.2) is 36.5 Å². The number of phenolic OH excluding ortho intramolecular Hbond substituents is 1. The topological polar surface area (TPSA) is 106 Å². The number of phenols is 1. The Balaban J connectivity index is 1.87. The van der Waals surface area contributed by atoms with Gasteiger partial charge in [0.15, 0.2) is 0 Å². The van der Waals surface area contributed by atoms with Gasteiger partial charge in [0.25, 0.3) is 0 Å². The molecular formula is C23H22FN5O2. The van der Waals surface area contributed by atoms with Gasteiger partial charge in [0, 0.05) is 34.1 Å². The number of nitrogens with zero attached hydrogens (tertiary/aromatic N) is 3. The van der Waals surface area contributed by atoms with Crippen molar-refractivity contribution in [2.45, 2.75) is 27.6 Å². The minimum atomic E-state index is -2.56. The number of hydrogen-bond donors (Lipinski definition) is 3. The van der Waals surface area contributed by atoms with Crippen LogP contribution < -0.4 is 11.1 Å². The third-order valence-electron chi connectivity index (χ3n) is 5.14. The number of imidazole rings is 1.